The molecule has 3 rings (SSSR count). The van der Waals surface area contributed by atoms with E-state index in [9.17, 15) is 4.79 Å². The van der Waals surface area contributed by atoms with E-state index in [2.05, 4.69) is 67.7 Å². The molecule has 4 nitrogen and oxygen atoms in total. The number of piperidine rings is 1. The first-order valence-corrected chi connectivity index (χ1v) is 11.3. The summed E-state index contributed by atoms with van der Waals surface area (Å²) in [5, 5.41) is 0.577. The van der Waals surface area contributed by atoms with Crippen LogP contribution in [0.25, 0.3) is 0 Å². The molecule has 28 heavy (non-hydrogen) atoms. The number of carbonyl (C=O) groups is 1. The fourth-order valence-electron chi connectivity index (χ4n) is 3.86. The van der Waals surface area contributed by atoms with Gasteiger partial charge in [-0.15, -0.1) is 11.8 Å². The molecule has 0 aliphatic carbocycles. The fraction of sp³-hybridized carbons (Fsp3) is 0.565. The van der Waals surface area contributed by atoms with Crippen LogP contribution in [0, 0.1) is 5.92 Å². The lowest BCUT2D eigenvalue weighted by atomic mass is 9.96. The number of benzene rings is 1. The summed E-state index contributed by atoms with van der Waals surface area (Å²) in [6, 6.07) is 8.47. The van der Waals surface area contributed by atoms with Gasteiger partial charge in [-0.1, -0.05) is 39.8 Å². The zero-order valence-electron chi connectivity index (χ0n) is 17.6. The van der Waals surface area contributed by atoms with Gasteiger partial charge in [0.2, 0.25) is 5.91 Å². The molecule has 0 unspecified atom stereocenters. The summed E-state index contributed by atoms with van der Waals surface area (Å²) in [6.07, 6.45) is 6.65. The van der Waals surface area contributed by atoms with Crippen LogP contribution in [0.4, 0.5) is 0 Å². The van der Waals surface area contributed by atoms with Crippen LogP contribution >= 0.6 is 11.8 Å². The van der Waals surface area contributed by atoms with Crippen molar-refractivity contribution in [1.82, 2.24) is 14.5 Å². The monoisotopic (exact) mass is 399 g/mol. The Labute approximate surface area is 173 Å². The van der Waals surface area contributed by atoms with Crippen LogP contribution < -0.4 is 0 Å². The highest BCUT2D eigenvalue weighted by Crippen LogP contribution is 2.24. The number of carbonyl (C=O) groups excluding carboxylic acids is 1. The number of rotatable bonds is 7. The average molecular weight is 400 g/mol. The van der Waals surface area contributed by atoms with Crippen molar-refractivity contribution in [1.29, 1.82) is 0 Å². The first-order chi connectivity index (χ1) is 13.4. The number of imidazole rings is 1. The number of amides is 1. The van der Waals surface area contributed by atoms with E-state index in [0.717, 1.165) is 43.9 Å². The molecule has 1 aliphatic rings. The van der Waals surface area contributed by atoms with Gasteiger partial charge in [0.15, 0.2) is 0 Å². The first kappa shape index (κ1) is 21.0. The Morgan fingerprint density at radius 3 is 2.43 bits per heavy atom. The van der Waals surface area contributed by atoms with Gasteiger partial charge in [-0.2, -0.15) is 0 Å². The van der Waals surface area contributed by atoms with Crippen molar-refractivity contribution in [2.45, 2.75) is 69.6 Å². The molecular weight excluding hydrogens is 366 g/mol. The number of likely N-dealkylation sites (tertiary alicyclic amines) is 1. The summed E-state index contributed by atoms with van der Waals surface area (Å²) in [6.45, 7) is 11.5. The van der Waals surface area contributed by atoms with E-state index in [1.165, 1.54) is 4.90 Å². The molecule has 0 saturated carbocycles. The van der Waals surface area contributed by atoms with Crippen LogP contribution in [0.3, 0.4) is 0 Å². The van der Waals surface area contributed by atoms with Gasteiger partial charge in [0, 0.05) is 48.1 Å². The van der Waals surface area contributed by atoms with Gasteiger partial charge in [0.05, 0.1) is 6.42 Å². The van der Waals surface area contributed by atoms with Crippen molar-refractivity contribution >= 4 is 17.7 Å². The van der Waals surface area contributed by atoms with Gasteiger partial charge in [-0.25, -0.2) is 4.98 Å². The molecule has 1 aliphatic heterocycles. The Morgan fingerprint density at radius 2 is 1.82 bits per heavy atom. The minimum absolute atomic E-state index is 0.258. The van der Waals surface area contributed by atoms with Gasteiger partial charge in [0.1, 0.15) is 5.82 Å². The highest BCUT2D eigenvalue weighted by Gasteiger charge is 2.24. The third-order valence-corrected chi connectivity index (χ3v) is 6.35. The maximum absolute atomic E-state index is 12.7. The van der Waals surface area contributed by atoms with Crippen molar-refractivity contribution in [3.63, 3.8) is 0 Å². The maximum atomic E-state index is 12.7. The quantitative estimate of drug-likeness (QED) is 0.616. The van der Waals surface area contributed by atoms with Crippen LogP contribution in [0.15, 0.2) is 41.6 Å². The second-order valence-corrected chi connectivity index (χ2v) is 10.1. The molecule has 0 N–H and O–H groups in total. The van der Waals surface area contributed by atoms with Crippen molar-refractivity contribution in [2.75, 3.05) is 13.1 Å². The van der Waals surface area contributed by atoms with Crippen molar-refractivity contribution in [2.24, 2.45) is 5.92 Å². The Morgan fingerprint density at radius 1 is 1.14 bits per heavy atom. The van der Waals surface area contributed by atoms with E-state index in [1.54, 1.807) is 0 Å². The van der Waals surface area contributed by atoms with Crippen molar-refractivity contribution in [3.05, 3.63) is 48.0 Å². The number of hydrogen-bond acceptors (Lipinski definition) is 3. The van der Waals surface area contributed by atoms with E-state index in [0.29, 0.717) is 23.5 Å². The largest absolute Gasteiger partial charge is 0.342 e. The molecule has 1 saturated heterocycles. The first-order valence-electron chi connectivity index (χ1n) is 10.5. The van der Waals surface area contributed by atoms with E-state index in [-0.39, 0.29) is 5.91 Å². The van der Waals surface area contributed by atoms with Crippen LogP contribution in [0.1, 0.15) is 57.8 Å². The van der Waals surface area contributed by atoms with Crippen LogP contribution in [-0.4, -0.2) is 38.7 Å². The molecule has 152 valence electrons. The van der Waals surface area contributed by atoms with Gasteiger partial charge in [-0.3, -0.25) is 4.79 Å². The smallest absolute Gasteiger partial charge is 0.226 e. The molecule has 1 aromatic carbocycles. The SMILES string of the molecule is CC(C)Sc1ccc(CC(=O)N2CCC(Cn3ccnc3C(C)C)CC2)cc1. The Hall–Kier alpha value is -1.75. The molecule has 5 heteroatoms. The summed E-state index contributed by atoms with van der Waals surface area (Å²) in [4.78, 5) is 20.5. The van der Waals surface area contributed by atoms with Gasteiger partial charge < -0.3 is 9.47 Å². The summed E-state index contributed by atoms with van der Waals surface area (Å²) >= 11 is 1.86. The zero-order chi connectivity index (χ0) is 20.1. The lowest BCUT2D eigenvalue weighted by Crippen LogP contribution is -2.40. The van der Waals surface area contributed by atoms with Crippen molar-refractivity contribution < 1.29 is 4.79 Å². The normalized spacial score (nSPS) is 15.6. The lowest BCUT2D eigenvalue weighted by Gasteiger charge is -2.32. The van der Waals surface area contributed by atoms with Crippen LogP contribution in [0.5, 0.6) is 0 Å². The molecular formula is C23H33N3OS. The predicted octanol–water partition coefficient (Wildman–Crippen LogP) is 4.99. The highest BCUT2D eigenvalue weighted by molar-refractivity contribution is 7.99. The van der Waals surface area contributed by atoms with Gasteiger partial charge in [-0.05, 0) is 36.5 Å². The van der Waals surface area contributed by atoms with Crippen molar-refractivity contribution in [3.8, 4) is 0 Å². The molecule has 0 bridgehead atoms. The van der Waals surface area contributed by atoms with E-state index >= 15 is 0 Å². The minimum atomic E-state index is 0.258. The lowest BCUT2D eigenvalue weighted by molar-refractivity contribution is -0.131. The maximum Gasteiger partial charge on any atom is 0.226 e. The second-order valence-electron chi connectivity index (χ2n) is 8.40. The standard InChI is InChI=1S/C23H33N3OS/c1-17(2)23-24-11-14-26(23)16-20-9-12-25(13-10-20)22(27)15-19-5-7-21(8-6-19)28-18(3)4/h5-8,11,14,17-18,20H,9-10,12-13,15-16H2,1-4H3. The summed E-state index contributed by atoms with van der Waals surface area (Å²) < 4.78 is 2.30. The Kier molecular flexibility index (Phi) is 7.22. The molecule has 2 heterocycles. The molecule has 1 amide bonds. The second kappa shape index (κ2) is 9.64. The molecule has 1 fully saturated rings. The predicted molar refractivity (Wildman–Crippen MR) is 117 cm³/mol. The highest BCUT2D eigenvalue weighted by atomic mass is 32.2. The zero-order valence-corrected chi connectivity index (χ0v) is 18.4. The molecule has 0 spiro atoms. The third-order valence-electron chi connectivity index (χ3n) is 5.34. The summed E-state index contributed by atoms with van der Waals surface area (Å²) in [5.41, 5.74) is 1.11. The van der Waals surface area contributed by atoms with Crippen LogP contribution in [0.2, 0.25) is 0 Å². The fourth-order valence-corrected chi connectivity index (χ4v) is 4.70. The van der Waals surface area contributed by atoms with Gasteiger partial charge in [0.25, 0.3) is 0 Å². The summed E-state index contributed by atoms with van der Waals surface area (Å²) in [5.74, 6) is 2.50. The van der Waals surface area contributed by atoms with E-state index in [4.69, 9.17) is 0 Å². The molecule has 1 aromatic heterocycles. The minimum Gasteiger partial charge on any atom is -0.342 e. The summed E-state index contributed by atoms with van der Waals surface area (Å²) in [7, 11) is 0. The van der Waals surface area contributed by atoms with Crippen LogP contribution in [-0.2, 0) is 17.8 Å². The number of thioether (sulfide) groups is 1. The topological polar surface area (TPSA) is 38.1 Å². The number of hydrogen-bond donors (Lipinski definition) is 0. The molecule has 0 radical (unpaired) electrons. The number of aromatic nitrogens is 2. The Bertz CT molecular complexity index is 758. The van der Waals surface area contributed by atoms with Gasteiger partial charge >= 0.3 is 0 Å². The third kappa shape index (κ3) is 5.63. The Balaban J connectivity index is 1.47. The van der Waals surface area contributed by atoms with E-state index < -0.39 is 0 Å². The molecule has 0 atom stereocenters. The average Bonchev–Trinajstić information content (AvgIpc) is 3.12. The molecule has 2 aromatic rings. The van der Waals surface area contributed by atoms with E-state index in [1.807, 2.05) is 22.9 Å². The number of nitrogens with zero attached hydrogens (tertiary/aromatic N) is 3.